The van der Waals surface area contributed by atoms with Crippen LogP contribution in [0.25, 0.3) is 0 Å². The molecule has 1 unspecified atom stereocenters. The molecule has 0 radical (unpaired) electrons. The molecule has 0 spiro atoms. The number of rotatable bonds is 4. The predicted octanol–water partition coefficient (Wildman–Crippen LogP) is 4.33. The highest BCUT2D eigenvalue weighted by atomic mass is 16.5. The lowest BCUT2D eigenvalue weighted by Crippen LogP contribution is -2.30. The van der Waals surface area contributed by atoms with Gasteiger partial charge in [0, 0.05) is 5.69 Å². The lowest BCUT2D eigenvalue weighted by molar-refractivity contribution is -0.122. The summed E-state index contributed by atoms with van der Waals surface area (Å²) in [5, 5.41) is 2.91. The van der Waals surface area contributed by atoms with Crippen molar-refractivity contribution < 1.29 is 9.53 Å². The highest BCUT2D eigenvalue weighted by molar-refractivity contribution is 5.94. The number of amides is 1. The molecule has 0 heterocycles. The molecule has 22 heavy (non-hydrogen) atoms. The number of hydrogen-bond acceptors (Lipinski definition) is 2. The standard InChI is InChI=1S/C19H23NO2/c1-12-8-13(2)10-17(9-12)20-19(21)16(5)22-18-7-6-14(3)15(4)11-18/h6-11,16H,1-5H3,(H,20,21). The smallest absolute Gasteiger partial charge is 0.265 e. The number of hydrogen-bond donors (Lipinski definition) is 1. The van der Waals surface area contributed by atoms with Gasteiger partial charge < -0.3 is 10.1 Å². The Hall–Kier alpha value is -2.29. The van der Waals surface area contributed by atoms with E-state index in [1.54, 1.807) is 6.92 Å². The minimum absolute atomic E-state index is 0.150. The summed E-state index contributed by atoms with van der Waals surface area (Å²) in [6.07, 6.45) is -0.553. The molecule has 2 rings (SSSR count). The normalized spacial score (nSPS) is 11.9. The molecule has 0 bridgehead atoms. The van der Waals surface area contributed by atoms with Crippen molar-refractivity contribution in [3.63, 3.8) is 0 Å². The number of benzene rings is 2. The van der Waals surface area contributed by atoms with E-state index < -0.39 is 6.10 Å². The Morgan fingerprint density at radius 3 is 2.18 bits per heavy atom. The second-order valence-electron chi connectivity index (χ2n) is 5.87. The van der Waals surface area contributed by atoms with Gasteiger partial charge in [-0.3, -0.25) is 4.79 Å². The number of carbonyl (C=O) groups is 1. The fourth-order valence-corrected chi connectivity index (χ4v) is 2.34. The van der Waals surface area contributed by atoms with E-state index >= 15 is 0 Å². The summed E-state index contributed by atoms with van der Waals surface area (Å²) in [5.74, 6) is 0.564. The van der Waals surface area contributed by atoms with Gasteiger partial charge >= 0.3 is 0 Å². The summed E-state index contributed by atoms with van der Waals surface area (Å²) in [4.78, 5) is 12.3. The van der Waals surface area contributed by atoms with Crippen LogP contribution in [0.15, 0.2) is 36.4 Å². The van der Waals surface area contributed by atoms with E-state index in [9.17, 15) is 4.79 Å². The summed E-state index contributed by atoms with van der Waals surface area (Å²) in [7, 11) is 0. The Labute approximate surface area is 132 Å². The van der Waals surface area contributed by atoms with Crippen LogP contribution in [0.2, 0.25) is 0 Å². The van der Waals surface area contributed by atoms with Crippen LogP contribution in [-0.4, -0.2) is 12.0 Å². The fourth-order valence-electron chi connectivity index (χ4n) is 2.34. The van der Waals surface area contributed by atoms with Crippen molar-refractivity contribution >= 4 is 11.6 Å². The van der Waals surface area contributed by atoms with Crippen LogP contribution in [0.4, 0.5) is 5.69 Å². The molecule has 0 saturated carbocycles. The topological polar surface area (TPSA) is 38.3 Å². The third kappa shape index (κ3) is 4.10. The van der Waals surface area contributed by atoms with Gasteiger partial charge in [0.25, 0.3) is 5.91 Å². The summed E-state index contributed by atoms with van der Waals surface area (Å²) >= 11 is 0. The van der Waals surface area contributed by atoms with Crippen LogP contribution in [0.5, 0.6) is 5.75 Å². The molecule has 1 amide bonds. The molecule has 116 valence electrons. The largest absolute Gasteiger partial charge is 0.481 e. The van der Waals surface area contributed by atoms with Crippen LogP contribution in [0.3, 0.4) is 0 Å². The van der Waals surface area contributed by atoms with Crippen LogP contribution in [0, 0.1) is 27.7 Å². The van der Waals surface area contributed by atoms with Crippen molar-refractivity contribution in [1.82, 2.24) is 0 Å². The molecule has 1 atom stereocenters. The third-order valence-electron chi connectivity index (χ3n) is 3.65. The first-order valence-electron chi connectivity index (χ1n) is 7.48. The minimum Gasteiger partial charge on any atom is -0.481 e. The zero-order valence-electron chi connectivity index (χ0n) is 13.9. The fraction of sp³-hybridized carbons (Fsp3) is 0.316. The first-order valence-corrected chi connectivity index (χ1v) is 7.48. The van der Waals surface area contributed by atoms with Gasteiger partial charge in [0.2, 0.25) is 0 Å². The lowest BCUT2D eigenvalue weighted by atomic mass is 10.1. The number of ether oxygens (including phenoxy) is 1. The van der Waals surface area contributed by atoms with E-state index in [2.05, 4.69) is 18.3 Å². The molecule has 0 fully saturated rings. The van der Waals surface area contributed by atoms with Crippen molar-refractivity contribution in [2.24, 2.45) is 0 Å². The molecular formula is C19H23NO2. The molecule has 0 saturated heterocycles. The highest BCUT2D eigenvalue weighted by Crippen LogP contribution is 2.19. The van der Waals surface area contributed by atoms with E-state index in [-0.39, 0.29) is 5.91 Å². The van der Waals surface area contributed by atoms with Crippen molar-refractivity contribution in [2.75, 3.05) is 5.32 Å². The first-order chi connectivity index (χ1) is 10.3. The Morgan fingerprint density at radius 1 is 0.955 bits per heavy atom. The molecule has 2 aromatic rings. The molecule has 2 aromatic carbocycles. The second-order valence-corrected chi connectivity index (χ2v) is 5.87. The predicted molar refractivity (Wildman–Crippen MR) is 90.6 cm³/mol. The van der Waals surface area contributed by atoms with Gasteiger partial charge in [-0.05, 0) is 81.1 Å². The maximum atomic E-state index is 12.3. The SMILES string of the molecule is Cc1cc(C)cc(NC(=O)C(C)Oc2ccc(C)c(C)c2)c1. The van der Waals surface area contributed by atoms with Crippen molar-refractivity contribution in [1.29, 1.82) is 0 Å². The van der Waals surface area contributed by atoms with Gasteiger partial charge in [-0.2, -0.15) is 0 Å². The van der Waals surface area contributed by atoms with E-state index in [4.69, 9.17) is 4.74 Å². The zero-order chi connectivity index (χ0) is 16.3. The van der Waals surface area contributed by atoms with Crippen molar-refractivity contribution in [2.45, 2.75) is 40.7 Å². The molecule has 0 aliphatic carbocycles. The van der Waals surface area contributed by atoms with Gasteiger partial charge in [0.05, 0.1) is 0 Å². The summed E-state index contributed by atoms with van der Waals surface area (Å²) < 4.78 is 5.73. The van der Waals surface area contributed by atoms with Gasteiger partial charge in [0.1, 0.15) is 5.75 Å². The number of carbonyl (C=O) groups excluding carboxylic acids is 1. The lowest BCUT2D eigenvalue weighted by Gasteiger charge is -2.16. The average molecular weight is 297 g/mol. The zero-order valence-corrected chi connectivity index (χ0v) is 13.9. The quantitative estimate of drug-likeness (QED) is 0.912. The Balaban J connectivity index is 2.04. The van der Waals surface area contributed by atoms with Gasteiger partial charge in [-0.25, -0.2) is 0 Å². The maximum Gasteiger partial charge on any atom is 0.265 e. The number of aryl methyl sites for hydroxylation is 4. The van der Waals surface area contributed by atoms with Gasteiger partial charge in [-0.15, -0.1) is 0 Å². The van der Waals surface area contributed by atoms with Gasteiger partial charge in [-0.1, -0.05) is 12.1 Å². The van der Waals surface area contributed by atoms with E-state index in [1.165, 1.54) is 5.56 Å². The Kier molecular flexibility index (Phi) is 4.86. The van der Waals surface area contributed by atoms with Crippen LogP contribution < -0.4 is 10.1 Å². The average Bonchev–Trinajstić information content (AvgIpc) is 2.41. The maximum absolute atomic E-state index is 12.3. The Bertz CT molecular complexity index is 672. The molecular weight excluding hydrogens is 274 g/mol. The molecule has 0 aromatic heterocycles. The van der Waals surface area contributed by atoms with Crippen LogP contribution in [-0.2, 0) is 4.79 Å². The Morgan fingerprint density at radius 2 is 1.59 bits per heavy atom. The summed E-state index contributed by atoms with van der Waals surface area (Å²) in [6, 6.07) is 11.8. The van der Waals surface area contributed by atoms with Gasteiger partial charge in [0.15, 0.2) is 6.10 Å². The molecule has 1 N–H and O–H groups in total. The number of nitrogens with one attached hydrogen (secondary N) is 1. The molecule has 0 aliphatic heterocycles. The van der Waals surface area contributed by atoms with Crippen LogP contribution in [0.1, 0.15) is 29.2 Å². The molecule has 3 nitrogen and oxygen atoms in total. The second kappa shape index (κ2) is 6.65. The van der Waals surface area contributed by atoms with Crippen LogP contribution >= 0.6 is 0 Å². The monoisotopic (exact) mass is 297 g/mol. The molecule has 3 heteroatoms. The van der Waals surface area contributed by atoms with E-state index in [0.717, 1.165) is 22.4 Å². The molecule has 0 aliphatic rings. The number of anilines is 1. The van der Waals surface area contributed by atoms with E-state index in [1.807, 2.05) is 51.1 Å². The summed E-state index contributed by atoms with van der Waals surface area (Å²) in [6.45, 7) is 9.86. The van der Waals surface area contributed by atoms with Crippen molar-refractivity contribution in [3.8, 4) is 5.75 Å². The minimum atomic E-state index is -0.553. The first kappa shape index (κ1) is 16.1. The van der Waals surface area contributed by atoms with E-state index in [0.29, 0.717) is 5.75 Å². The van der Waals surface area contributed by atoms with Crippen molar-refractivity contribution in [3.05, 3.63) is 58.7 Å². The highest BCUT2D eigenvalue weighted by Gasteiger charge is 2.15. The summed E-state index contributed by atoms with van der Waals surface area (Å²) in [5.41, 5.74) is 5.41. The third-order valence-corrected chi connectivity index (χ3v) is 3.65.